The third kappa shape index (κ3) is 8.02. The fourth-order valence-corrected chi connectivity index (χ4v) is 1.46. The maximum atomic E-state index is 5.43. The molecule has 0 aromatic rings. The lowest BCUT2D eigenvalue weighted by Crippen LogP contribution is -2.25. The number of unbranched alkanes of at least 4 members (excludes halogenated alkanes) is 3. The van der Waals surface area contributed by atoms with Crippen LogP contribution >= 0.6 is 0 Å². The van der Waals surface area contributed by atoms with Gasteiger partial charge in [-0.1, -0.05) is 25.0 Å². The summed E-state index contributed by atoms with van der Waals surface area (Å²) in [6.07, 6.45) is 8.84. The van der Waals surface area contributed by atoms with Crippen LogP contribution in [0.4, 0.5) is 0 Å². The summed E-state index contributed by atoms with van der Waals surface area (Å²) in [6, 6.07) is 0. The first kappa shape index (κ1) is 13.4. The van der Waals surface area contributed by atoms with E-state index in [1.54, 1.807) is 0 Å². The second kappa shape index (κ2) is 10.5. The fourth-order valence-electron chi connectivity index (χ4n) is 1.46. The molecule has 0 aliphatic rings. The molecule has 0 aliphatic carbocycles. The number of nitrogens with zero attached hydrogens (tertiary/aromatic N) is 1. The zero-order valence-electron chi connectivity index (χ0n) is 9.25. The largest absolute Gasteiger partial charge is 0.330 e. The van der Waals surface area contributed by atoms with Gasteiger partial charge >= 0.3 is 0 Å². The molecule has 82 valence electrons. The third-order valence-corrected chi connectivity index (χ3v) is 2.20. The molecule has 0 rings (SSSR count). The standard InChI is InChI=1S/C12H24N2/c1-3-10-14(11-4-2)12-8-6-5-7-9-13/h3-4H,1-2,5-13H2. The van der Waals surface area contributed by atoms with E-state index in [1.165, 1.54) is 19.3 Å². The molecule has 2 heteroatoms. The van der Waals surface area contributed by atoms with Gasteiger partial charge in [0.2, 0.25) is 0 Å². The Labute approximate surface area is 88.5 Å². The zero-order valence-corrected chi connectivity index (χ0v) is 9.25. The van der Waals surface area contributed by atoms with E-state index >= 15 is 0 Å². The van der Waals surface area contributed by atoms with Crippen molar-refractivity contribution in [1.29, 1.82) is 0 Å². The molecule has 0 heterocycles. The molecule has 0 aliphatic heterocycles. The van der Waals surface area contributed by atoms with Gasteiger partial charge in [0.15, 0.2) is 0 Å². The van der Waals surface area contributed by atoms with Gasteiger partial charge in [0.05, 0.1) is 0 Å². The second-order valence-electron chi connectivity index (χ2n) is 3.54. The van der Waals surface area contributed by atoms with Crippen LogP contribution in [0.2, 0.25) is 0 Å². The van der Waals surface area contributed by atoms with Crippen LogP contribution in [0.1, 0.15) is 25.7 Å². The molecule has 0 atom stereocenters. The lowest BCUT2D eigenvalue weighted by Gasteiger charge is -2.18. The number of hydrogen-bond donors (Lipinski definition) is 1. The van der Waals surface area contributed by atoms with Gasteiger partial charge in [0, 0.05) is 13.1 Å². The first-order chi connectivity index (χ1) is 6.85. The van der Waals surface area contributed by atoms with Crippen LogP contribution in [0.3, 0.4) is 0 Å². The molecule has 0 amide bonds. The van der Waals surface area contributed by atoms with Crippen LogP contribution in [0.5, 0.6) is 0 Å². The monoisotopic (exact) mass is 196 g/mol. The van der Waals surface area contributed by atoms with Crippen molar-refractivity contribution in [2.75, 3.05) is 26.2 Å². The third-order valence-electron chi connectivity index (χ3n) is 2.20. The summed E-state index contributed by atoms with van der Waals surface area (Å²) in [6.45, 7) is 11.4. The molecule has 0 aromatic carbocycles. The highest BCUT2D eigenvalue weighted by molar-refractivity contribution is 4.79. The molecule has 0 radical (unpaired) electrons. The Balaban J connectivity index is 3.39. The van der Waals surface area contributed by atoms with Crippen LogP contribution in [0.15, 0.2) is 25.3 Å². The van der Waals surface area contributed by atoms with E-state index in [0.717, 1.165) is 32.6 Å². The Morgan fingerprint density at radius 2 is 1.50 bits per heavy atom. The van der Waals surface area contributed by atoms with Crippen molar-refractivity contribution in [2.45, 2.75) is 25.7 Å². The van der Waals surface area contributed by atoms with Crippen molar-refractivity contribution in [3.63, 3.8) is 0 Å². The maximum Gasteiger partial charge on any atom is 0.0163 e. The maximum absolute atomic E-state index is 5.43. The predicted octanol–water partition coefficient (Wildman–Crippen LogP) is 2.18. The number of rotatable bonds is 10. The van der Waals surface area contributed by atoms with Gasteiger partial charge < -0.3 is 5.73 Å². The van der Waals surface area contributed by atoms with Gasteiger partial charge in [-0.15, -0.1) is 13.2 Å². The molecule has 14 heavy (non-hydrogen) atoms. The minimum absolute atomic E-state index is 0.822. The lowest BCUT2D eigenvalue weighted by molar-refractivity contribution is 0.325. The summed E-state index contributed by atoms with van der Waals surface area (Å²) < 4.78 is 0. The molecular weight excluding hydrogens is 172 g/mol. The molecule has 0 fully saturated rings. The average Bonchev–Trinajstić information content (AvgIpc) is 2.18. The smallest absolute Gasteiger partial charge is 0.0163 e. The van der Waals surface area contributed by atoms with Crippen molar-refractivity contribution >= 4 is 0 Å². The van der Waals surface area contributed by atoms with Crippen molar-refractivity contribution in [1.82, 2.24) is 4.90 Å². The van der Waals surface area contributed by atoms with E-state index in [-0.39, 0.29) is 0 Å². The highest BCUT2D eigenvalue weighted by Gasteiger charge is 1.99. The second-order valence-corrected chi connectivity index (χ2v) is 3.54. The summed E-state index contributed by atoms with van der Waals surface area (Å²) in [5.41, 5.74) is 5.43. The summed E-state index contributed by atoms with van der Waals surface area (Å²) in [5, 5.41) is 0. The minimum Gasteiger partial charge on any atom is -0.330 e. The van der Waals surface area contributed by atoms with Gasteiger partial charge in [-0.3, -0.25) is 4.90 Å². The quantitative estimate of drug-likeness (QED) is 0.428. The SMILES string of the molecule is C=CCN(CC=C)CCCCCCN. The Kier molecular flexibility index (Phi) is 10.0. The summed E-state index contributed by atoms with van der Waals surface area (Å²) in [7, 11) is 0. The first-order valence-corrected chi connectivity index (χ1v) is 5.49. The van der Waals surface area contributed by atoms with Gasteiger partial charge in [-0.2, -0.15) is 0 Å². The molecule has 0 unspecified atom stereocenters. The van der Waals surface area contributed by atoms with E-state index in [0.29, 0.717) is 0 Å². The normalized spacial score (nSPS) is 10.4. The van der Waals surface area contributed by atoms with Crippen LogP contribution in [0.25, 0.3) is 0 Å². The number of nitrogens with two attached hydrogens (primary N) is 1. The van der Waals surface area contributed by atoms with Crippen molar-refractivity contribution in [3.8, 4) is 0 Å². The van der Waals surface area contributed by atoms with Gasteiger partial charge in [-0.05, 0) is 25.9 Å². The van der Waals surface area contributed by atoms with Crippen LogP contribution in [-0.2, 0) is 0 Å². The Hall–Kier alpha value is -0.600. The van der Waals surface area contributed by atoms with E-state index in [9.17, 15) is 0 Å². The minimum atomic E-state index is 0.822. The molecule has 0 saturated heterocycles. The van der Waals surface area contributed by atoms with E-state index in [2.05, 4.69) is 18.1 Å². The predicted molar refractivity (Wildman–Crippen MR) is 64.4 cm³/mol. The van der Waals surface area contributed by atoms with Crippen molar-refractivity contribution in [3.05, 3.63) is 25.3 Å². The summed E-state index contributed by atoms with van der Waals surface area (Å²) in [4.78, 5) is 2.35. The van der Waals surface area contributed by atoms with Crippen LogP contribution in [0, 0.1) is 0 Å². The van der Waals surface area contributed by atoms with Crippen molar-refractivity contribution < 1.29 is 0 Å². The summed E-state index contributed by atoms with van der Waals surface area (Å²) in [5.74, 6) is 0. The van der Waals surface area contributed by atoms with Gasteiger partial charge in [0.1, 0.15) is 0 Å². The van der Waals surface area contributed by atoms with Gasteiger partial charge in [-0.25, -0.2) is 0 Å². The molecule has 0 spiro atoms. The lowest BCUT2D eigenvalue weighted by atomic mass is 10.2. The highest BCUT2D eigenvalue weighted by atomic mass is 15.1. The topological polar surface area (TPSA) is 29.3 Å². The molecule has 0 bridgehead atoms. The highest BCUT2D eigenvalue weighted by Crippen LogP contribution is 2.01. The van der Waals surface area contributed by atoms with E-state index in [1.807, 2.05) is 12.2 Å². The van der Waals surface area contributed by atoms with Crippen molar-refractivity contribution in [2.24, 2.45) is 5.73 Å². The van der Waals surface area contributed by atoms with E-state index in [4.69, 9.17) is 5.73 Å². The Bertz CT molecular complexity index is 133. The van der Waals surface area contributed by atoms with E-state index < -0.39 is 0 Å². The fraction of sp³-hybridized carbons (Fsp3) is 0.667. The number of hydrogen-bond acceptors (Lipinski definition) is 2. The van der Waals surface area contributed by atoms with Crippen LogP contribution < -0.4 is 5.73 Å². The van der Waals surface area contributed by atoms with Gasteiger partial charge in [0.25, 0.3) is 0 Å². The molecule has 0 aromatic heterocycles. The molecular formula is C12H24N2. The molecule has 2 nitrogen and oxygen atoms in total. The average molecular weight is 196 g/mol. The molecule has 2 N–H and O–H groups in total. The Morgan fingerprint density at radius 3 is 2.00 bits per heavy atom. The zero-order chi connectivity index (χ0) is 10.6. The molecule has 0 saturated carbocycles. The van der Waals surface area contributed by atoms with Crippen LogP contribution in [-0.4, -0.2) is 31.1 Å². The Morgan fingerprint density at radius 1 is 0.929 bits per heavy atom. The first-order valence-electron chi connectivity index (χ1n) is 5.49. The summed E-state index contributed by atoms with van der Waals surface area (Å²) >= 11 is 0.